The Labute approximate surface area is 232 Å². The van der Waals surface area contributed by atoms with Gasteiger partial charge in [-0.2, -0.15) is 0 Å². The number of non-ortho nitro benzene ring substituents is 1. The molecule has 0 heterocycles. The van der Waals surface area contributed by atoms with E-state index >= 15 is 0 Å². The van der Waals surface area contributed by atoms with Gasteiger partial charge in [0.2, 0.25) is 10.0 Å². The zero-order chi connectivity index (χ0) is 25.8. The predicted molar refractivity (Wildman–Crippen MR) is 128 cm³/mol. The van der Waals surface area contributed by atoms with Gasteiger partial charge in [-0.1, -0.05) is 31.2 Å². The number of nitro groups is 1. The van der Waals surface area contributed by atoms with E-state index in [1.165, 1.54) is 6.07 Å². The number of aliphatic hydroxyl groups is 1. The second kappa shape index (κ2) is 12.6. The van der Waals surface area contributed by atoms with Crippen molar-refractivity contribution in [1.29, 1.82) is 0 Å². The number of rotatable bonds is 11. The van der Waals surface area contributed by atoms with Gasteiger partial charge in [-0.05, 0) is 59.7 Å². The molecule has 0 fully saturated rings. The van der Waals surface area contributed by atoms with Crippen LogP contribution in [0.2, 0.25) is 0 Å². The SMILES string of the molecule is CC(CO)c1ccc2c(CCCCNS(=O)(=O)c3ccc([N+](=O)[O-])cc3)cc(S(=O)(=O)[O-])c-2cc1.[Na+]. The third-order valence-corrected chi connectivity index (χ3v) is 8.08. The summed E-state index contributed by atoms with van der Waals surface area (Å²) in [7, 11) is -8.54. The Morgan fingerprint density at radius 2 is 1.58 bits per heavy atom. The number of benzene rings is 1. The summed E-state index contributed by atoms with van der Waals surface area (Å²) in [6.07, 6.45) is 1.36. The van der Waals surface area contributed by atoms with Gasteiger partial charge in [0.05, 0.1) is 14.7 Å². The van der Waals surface area contributed by atoms with Crippen LogP contribution < -0.4 is 34.3 Å². The first kappa shape index (κ1) is 30.3. The zero-order valence-corrected chi connectivity index (χ0v) is 23.5. The van der Waals surface area contributed by atoms with Crippen molar-refractivity contribution >= 4 is 25.8 Å². The maximum Gasteiger partial charge on any atom is 1.00 e. The third kappa shape index (κ3) is 7.33. The van der Waals surface area contributed by atoms with E-state index in [4.69, 9.17) is 0 Å². The van der Waals surface area contributed by atoms with Crippen LogP contribution in [0.15, 0.2) is 64.4 Å². The van der Waals surface area contributed by atoms with Crippen molar-refractivity contribution in [3.8, 4) is 11.1 Å². The van der Waals surface area contributed by atoms with E-state index in [1.54, 1.807) is 24.3 Å². The summed E-state index contributed by atoms with van der Waals surface area (Å²) in [6, 6.07) is 12.7. The second-order valence-corrected chi connectivity index (χ2v) is 11.3. The summed E-state index contributed by atoms with van der Waals surface area (Å²) in [5, 5.41) is 20.1. The van der Waals surface area contributed by atoms with E-state index in [0.29, 0.717) is 36.0 Å². The Morgan fingerprint density at radius 1 is 0.972 bits per heavy atom. The van der Waals surface area contributed by atoms with Crippen molar-refractivity contribution in [2.75, 3.05) is 13.2 Å². The molecule has 10 nitrogen and oxygen atoms in total. The molecule has 0 aromatic heterocycles. The number of fused-ring (bicyclic) bond motifs is 1. The molecule has 1 unspecified atom stereocenters. The quantitative estimate of drug-likeness (QED) is 0.112. The maximum atomic E-state index is 12.4. The summed E-state index contributed by atoms with van der Waals surface area (Å²) in [5.41, 5.74) is 2.17. The van der Waals surface area contributed by atoms with Gasteiger partial charge in [0.15, 0.2) is 0 Å². The predicted octanol–water partition coefficient (Wildman–Crippen LogP) is 0.00470. The summed E-state index contributed by atoms with van der Waals surface area (Å²) in [6.45, 7) is 1.85. The Kier molecular flexibility index (Phi) is 10.6. The molecule has 0 saturated heterocycles. The molecule has 1 atom stereocenters. The normalized spacial score (nSPS) is 12.8. The molecule has 36 heavy (non-hydrogen) atoms. The first-order chi connectivity index (χ1) is 16.4. The number of sulfonamides is 1. The Hall–Kier alpha value is -1.90. The number of aryl methyl sites for hydroxylation is 1. The van der Waals surface area contributed by atoms with Crippen LogP contribution in [0.4, 0.5) is 5.69 Å². The fraction of sp³-hybridized carbons (Fsp3) is 0.304. The Morgan fingerprint density at radius 3 is 2.14 bits per heavy atom. The van der Waals surface area contributed by atoms with Crippen LogP contribution in [0.1, 0.15) is 36.8 Å². The molecule has 2 aliphatic rings. The van der Waals surface area contributed by atoms with Crippen molar-refractivity contribution in [3.63, 3.8) is 0 Å². The van der Waals surface area contributed by atoms with Crippen molar-refractivity contribution in [1.82, 2.24) is 4.72 Å². The third-order valence-electron chi connectivity index (χ3n) is 5.73. The van der Waals surface area contributed by atoms with Crippen LogP contribution in [-0.2, 0) is 26.6 Å². The molecule has 2 aliphatic carbocycles. The van der Waals surface area contributed by atoms with Crippen LogP contribution in [0.25, 0.3) is 11.1 Å². The number of nitrogens with one attached hydrogen (secondary N) is 1. The topological polar surface area (TPSA) is 167 Å². The fourth-order valence-electron chi connectivity index (χ4n) is 3.73. The number of nitrogens with zero attached hydrogens (tertiary/aromatic N) is 1. The van der Waals surface area contributed by atoms with Gasteiger partial charge in [-0.25, -0.2) is 21.6 Å². The van der Waals surface area contributed by atoms with Gasteiger partial charge in [-0.3, -0.25) is 10.1 Å². The van der Waals surface area contributed by atoms with E-state index in [0.717, 1.165) is 29.8 Å². The number of aliphatic hydroxyl groups excluding tert-OH is 1. The maximum absolute atomic E-state index is 12.4. The van der Waals surface area contributed by atoms with Crippen LogP contribution in [0.3, 0.4) is 0 Å². The molecule has 0 spiro atoms. The fourth-order valence-corrected chi connectivity index (χ4v) is 5.54. The molecule has 13 heteroatoms. The van der Waals surface area contributed by atoms with Gasteiger partial charge in [0.25, 0.3) is 5.69 Å². The van der Waals surface area contributed by atoms with Crippen molar-refractivity contribution in [2.24, 2.45) is 0 Å². The van der Waals surface area contributed by atoms with Crippen molar-refractivity contribution < 1.29 is 61.0 Å². The van der Waals surface area contributed by atoms with Crippen molar-refractivity contribution in [3.05, 3.63) is 75.8 Å². The minimum absolute atomic E-state index is 0. The zero-order valence-electron chi connectivity index (χ0n) is 19.9. The molecule has 0 bridgehead atoms. The molecular weight excluding hydrogens is 519 g/mol. The molecule has 0 amide bonds. The molecular formula is C23H25N2NaO8S2. The number of hydrogen-bond acceptors (Lipinski definition) is 8. The summed E-state index contributed by atoms with van der Waals surface area (Å²) < 4.78 is 62.6. The van der Waals surface area contributed by atoms with Gasteiger partial charge >= 0.3 is 29.6 Å². The Balaban J connectivity index is 0.00000456. The standard InChI is InChI=1S/C23H26N2O8S2.Na/c1-16(15-26)17-5-11-21-18(14-23(35(31,32)33)22(21)12-6-17)4-2-3-13-24-34(29,30)20-9-7-19(8-10-20)25(27)28;/h5-12,14,16,24,26H,2-4,13,15H2,1H3,(H,31,32,33);/q;+1/p-1. The molecule has 0 aliphatic heterocycles. The largest absolute Gasteiger partial charge is 1.00 e. The van der Waals surface area contributed by atoms with Gasteiger partial charge in [0, 0.05) is 31.2 Å². The smallest absolute Gasteiger partial charge is 0.744 e. The molecule has 2 N–H and O–H groups in total. The summed E-state index contributed by atoms with van der Waals surface area (Å²) >= 11 is 0. The monoisotopic (exact) mass is 544 g/mol. The van der Waals surface area contributed by atoms with E-state index in [9.17, 15) is 36.6 Å². The summed E-state index contributed by atoms with van der Waals surface area (Å²) in [5.74, 6) is -0.161. The van der Waals surface area contributed by atoms with E-state index < -0.39 is 25.1 Å². The minimum Gasteiger partial charge on any atom is -0.744 e. The number of hydrogen-bond donors (Lipinski definition) is 2. The van der Waals surface area contributed by atoms with Crippen LogP contribution in [0.5, 0.6) is 0 Å². The molecule has 0 saturated carbocycles. The van der Waals surface area contributed by atoms with Gasteiger partial charge < -0.3 is 9.66 Å². The van der Waals surface area contributed by atoms with E-state index in [1.807, 2.05) is 6.92 Å². The average molecular weight is 545 g/mol. The van der Waals surface area contributed by atoms with E-state index in [-0.39, 0.29) is 64.1 Å². The first-order valence-corrected chi connectivity index (χ1v) is 13.7. The molecule has 0 radical (unpaired) electrons. The Bertz CT molecular complexity index is 1390. The minimum atomic E-state index is -4.70. The van der Waals surface area contributed by atoms with Gasteiger partial charge in [0.1, 0.15) is 10.1 Å². The van der Waals surface area contributed by atoms with Crippen LogP contribution in [-0.4, -0.2) is 44.6 Å². The summed E-state index contributed by atoms with van der Waals surface area (Å²) in [4.78, 5) is 9.71. The first-order valence-electron chi connectivity index (χ1n) is 10.8. The molecule has 1 aromatic rings. The molecule has 3 rings (SSSR count). The number of nitro benzene ring substituents is 1. The van der Waals surface area contributed by atoms with E-state index in [2.05, 4.69) is 4.72 Å². The average Bonchev–Trinajstić information content (AvgIpc) is 3.01. The molecule has 1 aromatic carbocycles. The van der Waals surface area contributed by atoms with Gasteiger partial charge in [-0.15, -0.1) is 0 Å². The second-order valence-electron chi connectivity index (χ2n) is 8.17. The van der Waals surface area contributed by atoms with Crippen molar-refractivity contribution in [2.45, 2.75) is 41.9 Å². The van der Waals surface area contributed by atoms with Crippen LogP contribution >= 0.6 is 0 Å². The molecule has 188 valence electrons. The van der Waals surface area contributed by atoms with Crippen LogP contribution in [0, 0.1) is 10.1 Å². The number of unbranched alkanes of at least 4 members (excludes halogenated alkanes) is 1.